The molecule has 0 radical (unpaired) electrons. The van der Waals surface area contributed by atoms with Crippen LogP contribution in [0.4, 0.5) is 14.6 Å². The van der Waals surface area contributed by atoms with E-state index in [4.69, 9.17) is 0 Å². The Labute approximate surface area is 176 Å². The number of thioether (sulfide) groups is 1. The Morgan fingerprint density at radius 1 is 1.40 bits per heavy atom. The van der Waals surface area contributed by atoms with Crippen molar-refractivity contribution in [2.75, 3.05) is 11.6 Å². The summed E-state index contributed by atoms with van der Waals surface area (Å²) in [5.41, 5.74) is 1.61. The number of carboxylic acids is 1. The second-order valence-electron chi connectivity index (χ2n) is 7.01. The molecule has 3 rings (SSSR count). The van der Waals surface area contributed by atoms with Gasteiger partial charge in [0.2, 0.25) is 0 Å². The van der Waals surface area contributed by atoms with E-state index in [1.54, 1.807) is 26.3 Å². The number of nitrogens with one attached hydrogen (secondary N) is 2. The van der Waals surface area contributed by atoms with Crippen LogP contribution in [0, 0.1) is 17.6 Å². The van der Waals surface area contributed by atoms with Crippen LogP contribution in [0.15, 0.2) is 35.6 Å². The molecule has 7 nitrogen and oxygen atoms in total. The van der Waals surface area contributed by atoms with Gasteiger partial charge in [-0.25, -0.2) is 19.3 Å². The number of H-pyrrole nitrogens is 1. The minimum atomic E-state index is -1.02. The fourth-order valence-electron chi connectivity index (χ4n) is 3.11. The van der Waals surface area contributed by atoms with Crippen LogP contribution in [0.2, 0.25) is 0 Å². The molecule has 0 aromatic carbocycles. The molecule has 3 N–H and O–H groups in total. The van der Waals surface area contributed by atoms with Crippen LogP contribution >= 0.6 is 11.8 Å². The van der Waals surface area contributed by atoms with Crippen molar-refractivity contribution in [3.8, 4) is 11.4 Å². The van der Waals surface area contributed by atoms with Crippen LogP contribution in [-0.4, -0.2) is 43.3 Å². The van der Waals surface area contributed by atoms with Crippen molar-refractivity contribution in [3.05, 3.63) is 42.2 Å². The number of anilines is 1. The summed E-state index contributed by atoms with van der Waals surface area (Å²) in [6, 6.07) is 0.663. The molecule has 0 aliphatic carbocycles. The molecule has 3 aromatic rings. The number of fused-ring (bicyclic) bond motifs is 1. The summed E-state index contributed by atoms with van der Waals surface area (Å²) in [5, 5.41) is 12.9. The highest BCUT2D eigenvalue weighted by Gasteiger charge is 2.27. The van der Waals surface area contributed by atoms with Gasteiger partial charge >= 0.3 is 5.97 Å². The van der Waals surface area contributed by atoms with E-state index in [0.717, 1.165) is 18.0 Å². The van der Waals surface area contributed by atoms with Crippen molar-refractivity contribution in [2.45, 2.75) is 31.3 Å². The number of carbonyl (C=O) groups is 1. The molecule has 0 amide bonds. The molecule has 158 valence electrons. The lowest BCUT2D eigenvalue weighted by Gasteiger charge is -2.22. The Morgan fingerprint density at radius 3 is 2.77 bits per heavy atom. The SMILES string of the molecule is C=C(C)CC(C(=O)O)C(C)Nc1nc(-c2c[nH]c3ncc(F)cc23)nc(SC)c1F. The molecule has 0 aliphatic rings. The molecular weight excluding hydrogens is 412 g/mol. The number of pyridine rings is 1. The molecule has 2 atom stereocenters. The van der Waals surface area contributed by atoms with Gasteiger partial charge in [-0.3, -0.25) is 4.79 Å². The summed E-state index contributed by atoms with van der Waals surface area (Å²) in [5.74, 6) is -2.99. The minimum Gasteiger partial charge on any atom is -0.481 e. The largest absolute Gasteiger partial charge is 0.481 e. The molecule has 2 unspecified atom stereocenters. The molecular formula is C20H21F2N5O2S. The van der Waals surface area contributed by atoms with Gasteiger partial charge in [0.15, 0.2) is 17.5 Å². The zero-order valence-corrected chi connectivity index (χ0v) is 17.5. The number of nitrogens with zero attached hydrogens (tertiary/aromatic N) is 3. The number of hydrogen-bond donors (Lipinski definition) is 3. The molecule has 0 saturated heterocycles. The van der Waals surface area contributed by atoms with Gasteiger partial charge in [-0.15, -0.1) is 18.3 Å². The second kappa shape index (κ2) is 8.78. The fourth-order valence-corrected chi connectivity index (χ4v) is 3.56. The highest BCUT2D eigenvalue weighted by atomic mass is 32.2. The third-order valence-corrected chi connectivity index (χ3v) is 5.26. The van der Waals surface area contributed by atoms with Gasteiger partial charge in [-0.1, -0.05) is 5.57 Å². The second-order valence-corrected chi connectivity index (χ2v) is 7.81. The van der Waals surface area contributed by atoms with Crippen LogP contribution in [0.25, 0.3) is 22.4 Å². The van der Waals surface area contributed by atoms with Gasteiger partial charge in [0.25, 0.3) is 0 Å². The van der Waals surface area contributed by atoms with Gasteiger partial charge in [-0.2, -0.15) is 4.39 Å². The smallest absolute Gasteiger partial charge is 0.308 e. The van der Waals surface area contributed by atoms with Crippen molar-refractivity contribution in [1.82, 2.24) is 19.9 Å². The third-order valence-electron chi connectivity index (χ3n) is 4.61. The first kappa shape index (κ1) is 21.7. The summed E-state index contributed by atoms with van der Waals surface area (Å²) in [7, 11) is 0. The number of carboxylic acid groups (broad SMARTS) is 1. The first-order chi connectivity index (χ1) is 14.2. The normalized spacial score (nSPS) is 13.2. The minimum absolute atomic E-state index is 0.0835. The Morgan fingerprint density at radius 2 is 2.13 bits per heavy atom. The number of aliphatic carboxylic acids is 1. The third kappa shape index (κ3) is 4.43. The van der Waals surface area contributed by atoms with E-state index in [-0.39, 0.29) is 23.1 Å². The Kier molecular flexibility index (Phi) is 6.35. The lowest BCUT2D eigenvalue weighted by atomic mass is 9.94. The molecule has 0 bridgehead atoms. The molecule has 3 heterocycles. The Balaban J connectivity index is 2.04. The molecule has 3 aromatic heterocycles. The Bertz CT molecular complexity index is 1120. The molecule has 0 spiro atoms. The molecule has 30 heavy (non-hydrogen) atoms. The summed E-state index contributed by atoms with van der Waals surface area (Å²) in [4.78, 5) is 27.1. The van der Waals surface area contributed by atoms with Gasteiger partial charge in [-0.05, 0) is 32.6 Å². The van der Waals surface area contributed by atoms with E-state index < -0.39 is 29.6 Å². The van der Waals surface area contributed by atoms with E-state index in [2.05, 4.69) is 31.8 Å². The number of aromatic nitrogens is 4. The van der Waals surface area contributed by atoms with Crippen molar-refractivity contribution in [1.29, 1.82) is 0 Å². The van der Waals surface area contributed by atoms with Gasteiger partial charge in [0, 0.05) is 23.2 Å². The van der Waals surface area contributed by atoms with Crippen LogP contribution in [0.1, 0.15) is 20.3 Å². The van der Waals surface area contributed by atoms with Crippen LogP contribution in [0.3, 0.4) is 0 Å². The van der Waals surface area contributed by atoms with E-state index in [9.17, 15) is 18.7 Å². The number of hydrogen-bond acceptors (Lipinski definition) is 6. The van der Waals surface area contributed by atoms with Gasteiger partial charge in [0.1, 0.15) is 16.5 Å². The van der Waals surface area contributed by atoms with Crippen LogP contribution in [-0.2, 0) is 4.79 Å². The average molecular weight is 433 g/mol. The van der Waals surface area contributed by atoms with Gasteiger partial charge < -0.3 is 15.4 Å². The zero-order valence-electron chi connectivity index (χ0n) is 16.7. The topological polar surface area (TPSA) is 104 Å². The highest BCUT2D eigenvalue weighted by Crippen LogP contribution is 2.31. The lowest BCUT2D eigenvalue weighted by molar-refractivity contribution is -0.142. The zero-order chi connectivity index (χ0) is 22.0. The molecule has 0 aliphatic heterocycles. The standard InChI is InChI=1S/C20H21F2N5O2S/c1-9(2)5-12(20(28)29)10(3)25-18-15(22)19(30-4)27-17(26-18)14-8-24-16-13(14)6-11(21)7-23-16/h6-8,10,12H,1,5H2,2-4H3,(H,23,24)(H,28,29)(H,25,26,27). The predicted molar refractivity (Wildman–Crippen MR) is 112 cm³/mol. The first-order valence-corrected chi connectivity index (χ1v) is 10.3. The molecule has 0 saturated carbocycles. The van der Waals surface area contributed by atoms with Crippen LogP contribution in [0.5, 0.6) is 0 Å². The maximum Gasteiger partial charge on any atom is 0.308 e. The summed E-state index contributed by atoms with van der Waals surface area (Å²) in [6.07, 6.45) is 4.57. The van der Waals surface area contributed by atoms with E-state index >= 15 is 0 Å². The average Bonchev–Trinajstić information content (AvgIpc) is 3.10. The Hall–Kier alpha value is -3.01. The fraction of sp³-hybridized carbons (Fsp3) is 0.300. The van der Waals surface area contributed by atoms with Crippen LogP contribution < -0.4 is 5.32 Å². The maximum atomic E-state index is 14.9. The van der Waals surface area contributed by atoms with Crippen molar-refractivity contribution >= 4 is 34.6 Å². The predicted octanol–water partition coefficient (Wildman–Crippen LogP) is 4.49. The van der Waals surface area contributed by atoms with E-state index in [1.807, 2.05) is 0 Å². The summed E-state index contributed by atoms with van der Waals surface area (Å²) in [6.45, 7) is 7.15. The monoisotopic (exact) mass is 433 g/mol. The summed E-state index contributed by atoms with van der Waals surface area (Å²) >= 11 is 1.09. The van der Waals surface area contributed by atoms with Crippen molar-refractivity contribution < 1.29 is 18.7 Å². The van der Waals surface area contributed by atoms with E-state index in [0.29, 0.717) is 22.2 Å². The van der Waals surface area contributed by atoms with Gasteiger partial charge in [0.05, 0.1) is 12.1 Å². The number of halogens is 2. The maximum absolute atomic E-state index is 14.9. The number of aromatic amines is 1. The first-order valence-electron chi connectivity index (χ1n) is 9.09. The number of rotatable bonds is 8. The van der Waals surface area contributed by atoms with Crippen molar-refractivity contribution in [3.63, 3.8) is 0 Å². The molecule has 10 heteroatoms. The van der Waals surface area contributed by atoms with Crippen molar-refractivity contribution in [2.24, 2.45) is 5.92 Å². The highest BCUT2D eigenvalue weighted by molar-refractivity contribution is 7.98. The lowest BCUT2D eigenvalue weighted by Crippen LogP contribution is -2.33. The summed E-state index contributed by atoms with van der Waals surface area (Å²) < 4.78 is 28.6. The van der Waals surface area contributed by atoms with E-state index in [1.165, 1.54) is 6.07 Å². The number of allylic oxidation sites excluding steroid dienone is 1. The quantitative estimate of drug-likeness (QED) is 0.273. The molecule has 0 fully saturated rings.